The van der Waals surface area contributed by atoms with Crippen molar-refractivity contribution in [2.75, 3.05) is 6.61 Å². The Morgan fingerprint density at radius 1 is 0.488 bits per heavy atom. The van der Waals surface area contributed by atoms with Gasteiger partial charge in [-0.3, -0.25) is 0 Å². The smallest absolute Gasteiger partial charge is 0.210 e. The molecule has 0 saturated carbocycles. The molecule has 0 aliphatic carbocycles. The van der Waals surface area contributed by atoms with Crippen LogP contribution in [0.3, 0.4) is 0 Å². The minimum atomic E-state index is -0.355. The maximum Gasteiger partial charge on any atom is 0.210 e. The van der Waals surface area contributed by atoms with E-state index in [4.69, 9.17) is 9.47 Å². The Bertz CT molecular complexity index is 693. The first-order valence-electron chi connectivity index (χ1n) is 18.8. The zero-order valence-electron chi connectivity index (χ0n) is 29.1. The van der Waals surface area contributed by atoms with E-state index in [0.717, 1.165) is 31.4 Å². The summed E-state index contributed by atoms with van der Waals surface area (Å²) in [6.45, 7) is 7.25. The molecular formula is C41H72O2. The fourth-order valence-corrected chi connectivity index (χ4v) is 5.78. The van der Waals surface area contributed by atoms with E-state index in [0.29, 0.717) is 6.61 Å². The summed E-state index contributed by atoms with van der Waals surface area (Å²) in [5, 5.41) is 0. The summed E-state index contributed by atoms with van der Waals surface area (Å²) >= 11 is 0. The lowest BCUT2D eigenvalue weighted by atomic mass is 9.98. The number of hydrogen-bond donors (Lipinski definition) is 0. The van der Waals surface area contributed by atoms with Gasteiger partial charge in [-0.25, -0.2) is 0 Å². The molecule has 0 aromatic carbocycles. The zero-order chi connectivity index (χ0) is 30.9. The van der Waals surface area contributed by atoms with Crippen molar-refractivity contribution in [2.45, 2.75) is 193 Å². The molecule has 1 fully saturated rings. The van der Waals surface area contributed by atoms with Gasteiger partial charge >= 0.3 is 0 Å². The lowest BCUT2D eigenvalue weighted by Gasteiger charge is -2.27. The van der Waals surface area contributed by atoms with Crippen LogP contribution in [0.15, 0.2) is 60.4 Å². The van der Waals surface area contributed by atoms with Gasteiger partial charge in [-0.2, -0.15) is 0 Å². The molecule has 0 unspecified atom stereocenters. The molecule has 0 aromatic heterocycles. The largest absolute Gasteiger partial charge is 0.465 e. The van der Waals surface area contributed by atoms with Crippen LogP contribution in [0.25, 0.3) is 0 Å². The van der Waals surface area contributed by atoms with Crippen LogP contribution in [0.1, 0.15) is 188 Å². The SMILES string of the molecule is C/C=C1\COC(CCCCCCCC/C=C\C/C=C\CCCCC)(CCCCCCCC/C=C\C/C=C\CCCCC)O1. The van der Waals surface area contributed by atoms with Crippen molar-refractivity contribution in [3.05, 3.63) is 60.4 Å². The molecule has 0 bridgehead atoms. The molecule has 0 atom stereocenters. The normalized spacial score (nSPS) is 16.2. The molecule has 1 heterocycles. The van der Waals surface area contributed by atoms with Crippen LogP contribution in [0, 0.1) is 0 Å². The van der Waals surface area contributed by atoms with Crippen LogP contribution in [-0.4, -0.2) is 12.4 Å². The van der Waals surface area contributed by atoms with Gasteiger partial charge in [-0.05, 0) is 90.0 Å². The molecule has 0 amide bonds. The average Bonchev–Trinajstić information content (AvgIpc) is 3.44. The van der Waals surface area contributed by atoms with Crippen molar-refractivity contribution in [3.63, 3.8) is 0 Å². The van der Waals surface area contributed by atoms with Gasteiger partial charge < -0.3 is 9.47 Å². The van der Waals surface area contributed by atoms with Gasteiger partial charge in [0.25, 0.3) is 0 Å². The molecule has 2 nitrogen and oxygen atoms in total. The van der Waals surface area contributed by atoms with E-state index in [-0.39, 0.29) is 5.79 Å². The molecule has 0 radical (unpaired) electrons. The summed E-state index contributed by atoms with van der Waals surface area (Å²) in [6.07, 6.45) is 53.9. The molecule has 248 valence electrons. The van der Waals surface area contributed by atoms with Gasteiger partial charge in [-0.1, -0.05) is 140 Å². The average molecular weight is 597 g/mol. The molecule has 0 spiro atoms. The second-order valence-electron chi connectivity index (χ2n) is 12.7. The van der Waals surface area contributed by atoms with E-state index >= 15 is 0 Å². The third kappa shape index (κ3) is 24.5. The van der Waals surface area contributed by atoms with Crippen LogP contribution >= 0.6 is 0 Å². The lowest BCUT2D eigenvalue weighted by Crippen LogP contribution is -2.29. The monoisotopic (exact) mass is 597 g/mol. The van der Waals surface area contributed by atoms with E-state index in [2.05, 4.69) is 75.5 Å². The third-order valence-electron chi connectivity index (χ3n) is 8.63. The summed E-state index contributed by atoms with van der Waals surface area (Å²) in [5.41, 5.74) is 0. The highest BCUT2D eigenvalue weighted by Gasteiger charge is 2.38. The Balaban J connectivity index is 2.05. The molecule has 0 aromatic rings. The summed E-state index contributed by atoms with van der Waals surface area (Å²) < 4.78 is 12.6. The van der Waals surface area contributed by atoms with Crippen LogP contribution in [0.4, 0.5) is 0 Å². The summed E-state index contributed by atoms with van der Waals surface area (Å²) in [4.78, 5) is 0. The molecule has 1 saturated heterocycles. The summed E-state index contributed by atoms with van der Waals surface area (Å²) in [5.74, 6) is 0.673. The van der Waals surface area contributed by atoms with Crippen molar-refractivity contribution >= 4 is 0 Å². The third-order valence-corrected chi connectivity index (χ3v) is 8.63. The minimum absolute atomic E-state index is 0.355. The number of ether oxygens (including phenoxy) is 2. The number of hydrogen-bond acceptors (Lipinski definition) is 2. The molecule has 1 aliphatic rings. The van der Waals surface area contributed by atoms with Crippen molar-refractivity contribution in [2.24, 2.45) is 0 Å². The number of unbranched alkanes of at least 4 members (excludes halogenated alkanes) is 18. The quantitative estimate of drug-likeness (QED) is 0.0606. The van der Waals surface area contributed by atoms with E-state index in [1.54, 1.807) is 0 Å². The highest BCUT2D eigenvalue weighted by Crippen LogP contribution is 2.36. The first kappa shape index (κ1) is 39.5. The van der Waals surface area contributed by atoms with E-state index in [1.165, 1.54) is 141 Å². The molecule has 0 N–H and O–H groups in total. The van der Waals surface area contributed by atoms with E-state index in [9.17, 15) is 0 Å². The Labute approximate surface area is 269 Å². The molecule has 1 aliphatic heterocycles. The van der Waals surface area contributed by atoms with Crippen LogP contribution in [0.5, 0.6) is 0 Å². The van der Waals surface area contributed by atoms with Gasteiger partial charge in [0, 0.05) is 12.8 Å². The predicted molar refractivity (Wildman–Crippen MR) is 191 cm³/mol. The Kier molecular flexibility index (Phi) is 28.0. The summed E-state index contributed by atoms with van der Waals surface area (Å²) in [7, 11) is 0. The van der Waals surface area contributed by atoms with Crippen molar-refractivity contribution in [1.29, 1.82) is 0 Å². The van der Waals surface area contributed by atoms with Gasteiger partial charge in [0.2, 0.25) is 5.79 Å². The van der Waals surface area contributed by atoms with Crippen LogP contribution in [0.2, 0.25) is 0 Å². The maximum atomic E-state index is 6.36. The molecule has 2 heteroatoms. The lowest BCUT2D eigenvalue weighted by molar-refractivity contribution is -0.160. The molecular weight excluding hydrogens is 524 g/mol. The maximum absolute atomic E-state index is 6.36. The van der Waals surface area contributed by atoms with Gasteiger partial charge in [0.1, 0.15) is 12.4 Å². The first-order valence-corrected chi connectivity index (χ1v) is 18.8. The second kappa shape index (κ2) is 30.5. The van der Waals surface area contributed by atoms with E-state index < -0.39 is 0 Å². The zero-order valence-corrected chi connectivity index (χ0v) is 29.1. The first-order chi connectivity index (χ1) is 21.3. The topological polar surface area (TPSA) is 18.5 Å². The van der Waals surface area contributed by atoms with Gasteiger partial charge in [-0.15, -0.1) is 0 Å². The highest BCUT2D eigenvalue weighted by atomic mass is 16.7. The van der Waals surface area contributed by atoms with Crippen LogP contribution in [-0.2, 0) is 9.47 Å². The fraction of sp³-hybridized carbons (Fsp3) is 0.756. The molecule has 43 heavy (non-hydrogen) atoms. The van der Waals surface area contributed by atoms with Gasteiger partial charge in [0.15, 0.2) is 0 Å². The highest BCUT2D eigenvalue weighted by molar-refractivity contribution is 4.98. The molecule has 1 rings (SSSR count). The van der Waals surface area contributed by atoms with Crippen molar-refractivity contribution in [3.8, 4) is 0 Å². The van der Waals surface area contributed by atoms with Crippen molar-refractivity contribution < 1.29 is 9.47 Å². The Morgan fingerprint density at radius 3 is 1.23 bits per heavy atom. The fourth-order valence-electron chi connectivity index (χ4n) is 5.78. The van der Waals surface area contributed by atoms with Crippen molar-refractivity contribution in [1.82, 2.24) is 0 Å². The minimum Gasteiger partial charge on any atom is -0.465 e. The summed E-state index contributed by atoms with van der Waals surface area (Å²) in [6, 6.07) is 0. The van der Waals surface area contributed by atoms with E-state index in [1.807, 2.05) is 0 Å². The van der Waals surface area contributed by atoms with Crippen LogP contribution < -0.4 is 0 Å². The Morgan fingerprint density at radius 2 is 0.860 bits per heavy atom. The Hall–Kier alpha value is -1.54. The second-order valence-corrected chi connectivity index (χ2v) is 12.7. The standard InChI is InChI=1S/C41H72O2/c1-4-7-9-11-13-15-17-19-21-23-25-27-29-31-33-35-37-41(42-39-40(6-3)43-41)38-36-34-32-30-28-26-24-22-20-18-16-14-12-10-8-5-2/h6,13-16,19-22H,4-5,7-12,17-18,23-39H2,1-3H3/b15-13-,16-14-,21-19-,22-20-,40-6+. The predicted octanol–water partition coefficient (Wildman–Crippen LogP) is 14.0. The van der Waals surface area contributed by atoms with Gasteiger partial charge in [0.05, 0.1) is 0 Å². The number of allylic oxidation sites excluding steroid dienone is 9. The number of rotatable bonds is 30.